The Bertz CT molecular complexity index is 643. The first-order valence-electron chi connectivity index (χ1n) is 6.52. The van der Waals surface area contributed by atoms with Gasteiger partial charge in [-0.05, 0) is 37.3 Å². The predicted molar refractivity (Wildman–Crippen MR) is 84.8 cm³/mol. The van der Waals surface area contributed by atoms with Crippen molar-refractivity contribution >= 4 is 21.8 Å². The summed E-state index contributed by atoms with van der Waals surface area (Å²) in [6.07, 6.45) is 0. The molecule has 1 amide bonds. The van der Waals surface area contributed by atoms with Gasteiger partial charge in [-0.2, -0.15) is 0 Å². The Balaban J connectivity index is 1.83. The number of aryl methyl sites for hydroxylation is 1. The zero-order valence-corrected chi connectivity index (χ0v) is 13.2. The van der Waals surface area contributed by atoms with Crippen LogP contribution >= 0.6 is 15.9 Å². The van der Waals surface area contributed by atoms with E-state index in [1.54, 1.807) is 12.1 Å². The molecule has 21 heavy (non-hydrogen) atoms. The standard InChI is InChI=1S/C16H16BrNO3/c1-11-5-6-15(19)14(9-11)16(20)18-7-8-21-13-4-2-3-12(17)10-13/h2-6,9-10,19H,7-8H2,1H3,(H,18,20). The number of hydrogen-bond donors (Lipinski definition) is 2. The van der Waals surface area contributed by atoms with E-state index in [4.69, 9.17) is 4.74 Å². The SMILES string of the molecule is Cc1ccc(O)c(C(=O)NCCOc2cccc(Br)c2)c1. The first-order chi connectivity index (χ1) is 10.1. The Morgan fingerprint density at radius 3 is 2.86 bits per heavy atom. The van der Waals surface area contributed by atoms with Crippen LogP contribution in [0.15, 0.2) is 46.9 Å². The zero-order chi connectivity index (χ0) is 15.2. The largest absolute Gasteiger partial charge is 0.507 e. The Hall–Kier alpha value is -2.01. The molecule has 0 saturated heterocycles. The van der Waals surface area contributed by atoms with Crippen LogP contribution in [-0.4, -0.2) is 24.2 Å². The molecule has 4 nitrogen and oxygen atoms in total. The number of nitrogens with one attached hydrogen (secondary N) is 1. The summed E-state index contributed by atoms with van der Waals surface area (Å²) in [4.78, 5) is 11.9. The maximum atomic E-state index is 11.9. The lowest BCUT2D eigenvalue weighted by Crippen LogP contribution is -2.28. The van der Waals surface area contributed by atoms with Gasteiger partial charge in [-0.1, -0.05) is 33.6 Å². The fraction of sp³-hybridized carbons (Fsp3) is 0.188. The van der Waals surface area contributed by atoms with Gasteiger partial charge in [-0.3, -0.25) is 4.79 Å². The van der Waals surface area contributed by atoms with Crippen molar-refractivity contribution in [1.82, 2.24) is 5.32 Å². The van der Waals surface area contributed by atoms with E-state index in [0.29, 0.717) is 13.2 Å². The topological polar surface area (TPSA) is 58.6 Å². The van der Waals surface area contributed by atoms with Gasteiger partial charge in [0, 0.05) is 4.47 Å². The van der Waals surface area contributed by atoms with Crippen LogP contribution in [0, 0.1) is 6.92 Å². The van der Waals surface area contributed by atoms with Crippen LogP contribution in [0.4, 0.5) is 0 Å². The number of hydrogen-bond acceptors (Lipinski definition) is 3. The third-order valence-corrected chi connectivity index (χ3v) is 3.34. The highest BCUT2D eigenvalue weighted by atomic mass is 79.9. The fourth-order valence-corrected chi connectivity index (χ4v) is 2.20. The van der Waals surface area contributed by atoms with Gasteiger partial charge < -0.3 is 15.2 Å². The van der Waals surface area contributed by atoms with Crippen LogP contribution in [0.2, 0.25) is 0 Å². The van der Waals surface area contributed by atoms with Gasteiger partial charge in [0.25, 0.3) is 5.91 Å². The summed E-state index contributed by atoms with van der Waals surface area (Å²) in [7, 11) is 0. The van der Waals surface area contributed by atoms with Crippen molar-refractivity contribution in [2.45, 2.75) is 6.92 Å². The third kappa shape index (κ3) is 4.49. The van der Waals surface area contributed by atoms with E-state index >= 15 is 0 Å². The van der Waals surface area contributed by atoms with E-state index in [1.165, 1.54) is 6.07 Å². The van der Waals surface area contributed by atoms with Gasteiger partial charge in [0.1, 0.15) is 18.1 Å². The summed E-state index contributed by atoms with van der Waals surface area (Å²) in [6.45, 7) is 2.58. The molecule has 0 aliphatic heterocycles. The molecule has 0 heterocycles. The van der Waals surface area contributed by atoms with Crippen molar-refractivity contribution in [3.05, 3.63) is 58.1 Å². The Morgan fingerprint density at radius 2 is 2.10 bits per heavy atom. The molecule has 0 aliphatic rings. The second kappa shape index (κ2) is 7.13. The molecular weight excluding hydrogens is 334 g/mol. The number of aromatic hydroxyl groups is 1. The molecule has 0 saturated carbocycles. The summed E-state index contributed by atoms with van der Waals surface area (Å²) < 4.78 is 6.46. The van der Waals surface area contributed by atoms with Crippen molar-refractivity contribution in [2.75, 3.05) is 13.2 Å². The third-order valence-electron chi connectivity index (χ3n) is 2.85. The Kier molecular flexibility index (Phi) is 5.22. The van der Waals surface area contributed by atoms with Crippen LogP contribution in [-0.2, 0) is 0 Å². The molecule has 0 spiro atoms. The van der Waals surface area contributed by atoms with Crippen LogP contribution in [0.25, 0.3) is 0 Å². The molecule has 0 aromatic heterocycles. The second-order valence-electron chi connectivity index (χ2n) is 4.58. The molecule has 0 atom stereocenters. The number of carbonyl (C=O) groups is 1. The van der Waals surface area contributed by atoms with Gasteiger partial charge in [0.15, 0.2) is 0 Å². The smallest absolute Gasteiger partial charge is 0.255 e. The number of halogens is 1. The molecule has 0 fully saturated rings. The molecule has 110 valence electrons. The van der Waals surface area contributed by atoms with Crippen molar-refractivity contribution < 1.29 is 14.6 Å². The number of phenols is 1. The minimum Gasteiger partial charge on any atom is -0.507 e. The Morgan fingerprint density at radius 1 is 1.29 bits per heavy atom. The van der Waals surface area contributed by atoms with E-state index in [9.17, 15) is 9.90 Å². The monoisotopic (exact) mass is 349 g/mol. The van der Waals surface area contributed by atoms with Crippen LogP contribution in [0.1, 0.15) is 15.9 Å². The van der Waals surface area contributed by atoms with Gasteiger partial charge in [0.05, 0.1) is 12.1 Å². The number of amides is 1. The van der Waals surface area contributed by atoms with Gasteiger partial charge in [-0.15, -0.1) is 0 Å². The molecule has 0 bridgehead atoms. The summed E-state index contributed by atoms with van der Waals surface area (Å²) in [5.41, 5.74) is 1.20. The van der Waals surface area contributed by atoms with Crippen LogP contribution in [0.5, 0.6) is 11.5 Å². The highest BCUT2D eigenvalue weighted by Gasteiger charge is 2.10. The lowest BCUT2D eigenvalue weighted by molar-refractivity contribution is 0.0944. The summed E-state index contributed by atoms with van der Waals surface area (Å²) in [5, 5.41) is 12.4. The molecule has 2 aromatic carbocycles. The first kappa shape index (κ1) is 15.4. The minimum atomic E-state index is -0.311. The highest BCUT2D eigenvalue weighted by molar-refractivity contribution is 9.10. The van der Waals surface area contributed by atoms with Crippen LogP contribution < -0.4 is 10.1 Å². The van der Waals surface area contributed by atoms with E-state index in [-0.39, 0.29) is 17.2 Å². The van der Waals surface area contributed by atoms with Crippen LogP contribution in [0.3, 0.4) is 0 Å². The molecule has 0 unspecified atom stereocenters. The van der Waals surface area contributed by atoms with Crippen molar-refractivity contribution in [1.29, 1.82) is 0 Å². The molecule has 0 radical (unpaired) electrons. The van der Waals surface area contributed by atoms with E-state index in [1.807, 2.05) is 31.2 Å². The molecule has 2 rings (SSSR count). The van der Waals surface area contributed by atoms with Crippen molar-refractivity contribution in [3.63, 3.8) is 0 Å². The number of carbonyl (C=O) groups excluding carboxylic acids is 1. The summed E-state index contributed by atoms with van der Waals surface area (Å²) in [6, 6.07) is 12.4. The lowest BCUT2D eigenvalue weighted by atomic mass is 10.1. The van der Waals surface area contributed by atoms with E-state index in [2.05, 4.69) is 21.2 Å². The lowest BCUT2D eigenvalue weighted by Gasteiger charge is -2.09. The fourth-order valence-electron chi connectivity index (χ4n) is 1.82. The Labute approximate surface area is 131 Å². The molecule has 2 N–H and O–H groups in total. The van der Waals surface area contributed by atoms with Gasteiger partial charge in [0.2, 0.25) is 0 Å². The zero-order valence-electron chi connectivity index (χ0n) is 11.6. The van der Waals surface area contributed by atoms with Gasteiger partial charge in [-0.25, -0.2) is 0 Å². The first-order valence-corrected chi connectivity index (χ1v) is 7.32. The number of phenolic OH excluding ortho intramolecular Hbond substituents is 1. The number of rotatable bonds is 5. The minimum absolute atomic E-state index is 0.0222. The average Bonchev–Trinajstić information content (AvgIpc) is 2.46. The second-order valence-corrected chi connectivity index (χ2v) is 5.50. The van der Waals surface area contributed by atoms with Gasteiger partial charge >= 0.3 is 0 Å². The van der Waals surface area contributed by atoms with E-state index in [0.717, 1.165) is 15.8 Å². The molecule has 5 heteroatoms. The maximum absolute atomic E-state index is 11.9. The number of benzene rings is 2. The number of ether oxygens (including phenoxy) is 1. The molecular formula is C16H16BrNO3. The highest BCUT2D eigenvalue weighted by Crippen LogP contribution is 2.18. The quantitative estimate of drug-likeness (QED) is 0.814. The normalized spacial score (nSPS) is 10.2. The van der Waals surface area contributed by atoms with Crippen molar-refractivity contribution in [2.24, 2.45) is 0 Å². The summed E-state index contributed by atoms with van der Waals surface area (Å²) >= 11 is 3.36. The predicted octanol–water partition coefficient (Wildman–Crippen LogP) is 3.27. The van der Waals surface area contributed by atoms with E-state index < -0.39 is 0 Å². The maximum Gasteiger partial charge on any atom is 0.255 e. The molecule has 2 aromatic rings. The average molecular weight is 350 g/mol. The van der Waals surface area contributed by atoms with Crippen molar-refractivity contribution in [3.8, 4) is 11.5 Å². The molecule has 0 aliphatic carbocycles. The summed E-state index contributed by atoms with van der Waals surface area (Å²) in [5.74, 6) is 0.400.